The van der Waals surface area contributed by atoms with Crippen LogP contribution in [0.4, 0.5) is 0 Å². The molecule has 0 radical (unpaired) electrons. The minimum Gasteiger partial charge on any atom is -0.467 e. The zero-order chi connectivity index (χ0) is 16.4. The quantitative estimate of drug-likeness (QED) is 0.857. The molecule has 0 bridgehead atoms. The van der Waals surface area contributed by atoms with E-state index in [4.69, 9.17) is 4.42 Å². The van der Waals surface area contributed by atoms with E-state index in [1.807, 2.05) is 24.1 Å². The molecule has 23 heavy (non-hydrogen) atoms. The Hall–Kier alpha value is -1.78. The lowest BCUT2D eigenvalue weighted by Crippen LogP contribution is -2.45. The Morgan fingerprint density at radius 3 is 2.87 bits per heavy atom. The molecule has 1 saturated heterocycles. The Labute approximate surface area is 137 Å². The maximum atomic E-state index is 12.8. The average Bonchev–Trinajstić information content (AvgIpc) is 3.17. The molecule has 2 aliphatic rings. The largest absolute Gasteiger partial charge is 0.467 e. The van der Waals surface area contributed by atoms with E-state index in [9.17, 15) is 9.59 Å². The Morgan fingerprint density at radius 1 is 1.39 bits per heavy atom. The minimum absolute atomic E-state index is 0.0462. The molecule has 1 aromatic rings. The van der Waals surface area contributed by atoms with E-state index in [2.05, 4.69) is 6.92 Å². The van der Waals surface area contributed by atoms with Crippen molar-refractivity contribution in [3.05, 3.63) is 24.2 Å². The van der Waals surface area contributed by atoms with Crippen LogP contribution in [-0.4, -0.2) is 41.2 Å². The van der Waals surface area contributed by atoms with Gasteiger partial charge in [-0.25, -0.2) is 0 Å². The van der Waals surface area contributed by atoms with Gasteiger partial charge in [0.2, 0.25) is 11.8 Å². The molecule has 2 amide bonds. The molecule has 3 rings (SSSR count). The van der Waals surface area contributed by atoms with Crippen molar-refractivity contribution >= 4 is 11.8 Å². The highest BCUT2D eigenvalue weighted by molar-refractivity contribution is 5.89. The predicted octanol–water partition coefficient (Wildman–Crippen LogP) is 2.67. The van der Waals surface area contributed by atoms with Gasteiger partial charge < -0.3 is 14.2 Å². The molecule has 2 heterocycles. The molecule has 1 aromatic heterocycles. The van der Waals surface area contributed by atoms with Gasteiger partial charge in [-0.2, -0.15) is 0 Å². The van der Waals surface area contributed by atoms with Crippen LogP contribution < -0.4 is 0 Å². The summed E-state index contributed by atoms with van der Waals surface area (Å²) in [6.45, 7) is 3.19. The Kier molecular flexibility index (Phi) is 4.74. The van der Waals surface area contributed by atoms with E-state index >= 15 is 0 Å². The summed E-state index contributed by atoms with van der Waals surface area (Å²) in [7, 11) is 1.91. The molecular weight excluding hydrogens is 292 g/mol. The third-order valence-electron chi connectivity index (χ3n) is 5.40. The molecule has 3 atom stereocenters. The van der Waals surface area contributed by atoms with Crippen LogP contribution in [0.2, 0.25) is 0 Å². The van der Waals surface area contributed by atoms with Gasteiger partial charge in [0.15, 0.2) is 0 Å². The normalized spacial score (nSPS) is 28.2. The van der Waals surface area contributed by atoms with Crippen molar-refractivity contribution in [2.24, 2.45) is 11.8 Å². The summed E-state index contributed by atoms with van der Waals surface area (Å²) in [5.41, 5.74) is 0. The van der Waals surface area contributed by atoms with Gasteiger partial charge in [0.25, 0.3) is 0 Å². The lowest BCUT2D eigenvalue weighted by Gasteiger charge is -2.37. The van der Waals surface area contributed by atoms with Crippen LogP contribution in [0.1, 0.15) is 44.8 Å². The molecule has 3 unspecified atom stereocenters. The highest BCUT2D eigenvalue weighted by Gasteiger charge is 2.38. The monoisotopic (exact) mass is 318 g/mol. The smallest absolute Gasteiger partial charge is 0.227 e. The molecule has 0 spiro atoms. The second kappa shape index (κ2) is 6.77. The predicted molar refractivity (Wildman–Crippen MR) is 86.4 cm³/mol. The van der Waals surface area contributed by atoms with E-state index in [0.717, 1.165) is 12.2 Å². The fourth-order valence-corrected chi connectivity index (χ4v) is 4.00. The average molecular weight is 318 g/mol. The van der Waals surface area contributed by atoms with Crippen molar-refractivity contribution in [2.75, 3.05) is 13.6 Å². The maximum Gasteiger partial charge on any atom is 0.227 e. The summed E-state index contributed by atoms with van der Waals surface area (Å²) in [5, 5.41) is 0. The molecule has 1 aliphatic heterocycles. The number of rotatable bonds is 4. The van der Waals surface area contributed by atoms with Gasteiger partial charge in [-0.1, -0.05) is 19.8 Å². The van der Waals surface area contributed by atoms with Crippen LogP contribution in [0.3, 0.4) is 0 Å². The SMILES string of the molecule is CC1CCCCC1N(C)C(=O)C1CC(=O)N(Cc2ccco2)C1. The number of amides is 2. The van der Waals surface area contributed by atoms with Crippen molar-refractivity contribution in [3.63, 3.8) is 0 Å². The molecule has 2 fully saturated rings. The topological polar surface area (TPSA) is 53.8 Å². The fourth-order valence-electron chi connectivity index (χ4n) is 4.00. The van der Waals surface area contributed by atoms with Gasteiger partial charge in [0.1, 0.15) is 5.76 Å². The zero-order valence-electron chi connectivity index (χ0n) is 14.0. The van der Waals surface area contributed by atoms with E-state index in [1.54, 1.807) is 11.2 Å². The van der Waals surface area contributed by atoms with E-state index in [0.29, 0.717) is 31.5 Å². The first-order valence-corrected chi connectivity index (χ1v) is 8.63. The molecule has 0 N–H and O–H groups in total. The van der Waals surface area contributed by atoms with Gasteiger partial charge in [0.05, 0.1) is 18.7 Å². The molecule has 5 heteroatoms. The first-order valence-electron chi connectivity index (χ1n) is 8.63. The summed E-state index contributed by atoms with van der Waals surface area (Å²) in [5.74, 6) is 1.27. The van der Waals surface area contributed by atoms with Gasteiger partial charge in [-0.15, -0.1) is 0 Å². The first kappa shape index (κ1) is 16.1. The highest BCUT2D eigenvalue weighted by Crippen LogP contribution is 2.30. The van der Waals surface area contributed by atoms with Crippen LogP contribution in [0, 0.1) is 11.8 Å². The van der Waals surface area contributed by atoms with Crippen LogP contribution >= 0.6 is 0 Å². The Morgan fingerprint density at radius 2 is 2.17 bits per heavy atom. The zero-order valence-corrected chi connectivity index (χ0v) is 14.0. The number of carbonyl (C=O) groups excluding carboxylic acids is 2. The van der Waals surface area contributed by atoms with Crippen molar-refractivity contribution in [3.8, 4) is 0 Å². The van der Waals surface area contributed by atoms with Crippen LogP contribution in [0.25, 0.3) is 0 Å². The Bertz CT molecular complexity index is 555. The molecule has 126 valence electrons. The van der Waals surface area contributed by atoms with Crippen LogP contribution in [0.15, 0.2) is 22.8 Å². The summed E-state index contributed by atoms with van der Waals surface area (Å²) < 4.78 is 5.31. The van der Waals surface area contributed by atoms with Crippen molar-refractivity contribution in [1.82, 2.24) is 9.80 Å². The number of likely N-dealkylation sites (tertiary alicyclic amines) is 1. The van der Waals surface area contributed by atoms with Crippen molar-refractivity contribution in [2.45, 2.75) is 51.6 Å². The van der Waals surface area contributed by atoms with Crippen LogP contribution in [0.5, 0.6) is 0 Å². The fraction of sp³-hybridized carbons (Fsp3) is 0.667. The van der Waals surface area contributed by atoms with Crippen molar-refractivity contribution in [1.29, 1.82) is 0 Å². The van der Waals surface area contributed by atoms with E-state index in [1.165, 1.54) is 19.3 Å². The standard InChI is InChI=1S/C18H26N2O3/c1-13-6-3-4-8-16(13)19(2)18(22)14-10-17(21)20(11-14)12-15-7-5-9-23-15/h5,7,9,13-14,16H,3-4,6,8,10-12H2,1-2H3. The van der Waals surface area contributed by atoms with E-state index in [-0.39, 0.29) is 17.7 Å². The second-order valence-corrected chi connectivity index (χ2v) is 7.03. The molecular formula is C18H26N2O3. The van der Waals surface area contributed by atoms with Gasteiger partial charge >= 0.3 is 0 Å². The van der Waals surface area contributed by atoms with Crippen LogP contribution in [-0.2, 0) is 16.1 Å². The van der Waals surface area contributed by atoms with Gasteiger partial charge in [-0.3, -0.25) is 9.59 Å². The number of carbonyl (C=O) groups is 2. The van der Waals surface area contributed by atoms with E-state index < -0.39 is 0 Å². The number of hydrogen-bond donors (Lipinski definition) is 0. The summed E-state index contributed by atoms with van der Waals surface area (Å²) in [6.07, 6.45) is 6.66. The van der Waals surface area contributed by atoms with Gasteiger partial charge in [0, 0.05) is 26.1 Å². The second-order valence-electron chi connectivity index (χ2n) is 7.03. The van der Waals surface area contributed by atoms with Gasteiger partial charge in [-0.05, 0) is 30.9 Å². The van der Waals surface area contributed by atoms with Crippen molar-refractivity contribution < 1.29 is 14.0 Å². The third-order valence-corrected chi connectivity index (χ3v) is 5.40. The lowest BCUT2D eigenvalue weighted by atomic mass is 9.84. The summed E-state index contributed by atoms with van der Waals surface area (Å²) in [4.78, 5) is 28.6. The Balaban J connectivity index is 1.60. The lowest BCUT2D eigenvalue weighted by molar-refractivity contribution is -0.138. The number of nitrogens with zero attached hydrogens (tertiary/aromatic N) is 2. The molecule has 1 saturated carbocycles. The molecule has 5 nitrogen and oxygen atoms in total. The highest BCUT2D eigenvalue weighted by atomic mass is 16.3. The molecule has 1 aliphatic carbocycles. The maximum absolute atomic E-state index is 12.8. The first-order chi connectivity index (χ1) is 11.1. The number of furan rings is 1. The third kappa shape index (κ3) is 3.43. The molecule has 0 aromatic carbocycles. The minimum atomic E-state index is -0.211. The number of hydrogen-bond acceptors (Lipinski definition) is 3. The summed E-state index contributed by atoms with van der Waals surface area (Å²) >= 11 is 0. The summed E-state index contributed by atoms with van der Waals surface area (Å²) in [6, 6.07) is 4.00.